The van der Waals surface area contributed by atoms with Crippen LogP contribution in [-0.4, -0.2) is 5.60 Å². The molecule has 0 unspecified atom stereocenters. The molecule has 0 atom stereocenters. The summed E-state index contributed by atoms with van der Waals surface area (Å²) in [4.78, 5) is 2.28. The quantitative estimate of drug-likeness (QED) is 0.612. The van der Waals surface area contributed by atoms with Gasteiger partial charge in [0, 0.05) is 6.07 Å². The lowest BCUT2D eigenvalue weighted by atomic mass is 10.2. The van der Waals surface area contributed by atoms with Gasteiger partial charge < -0.3 is 9.47 Å². The molecule has 0 fully saturated rings. The first kappa shape index (κ1) is 12.4. The summed E-state index contributed by atoms with van der Waals surface area (Å²) in [6, 6.07) is 14.1. The van der Waals surface area contributed by atoms with Crippen LogP contribution in [0, 0.1) is 0 Å². The Morgan fingerprint density at radius 3 is 2.47 bits per heavy atom. The van der Waals surface area contributed by atoms with Crippen molar-refractivity contribution in [2.75, 3.05) is 0 Å². The van der Waals surface area contributed by atoms with Gasteiger partial charge in [0.15, 0.2) is 0 Å². The van der Waals surface area contributed by atoms with Crippen molar-refractivity contribution in [1.29, 1.82) is 0 Å². The first-order valence-corrected chi connectivity index (χ1v) is 7.11. The lowest BCUT2D eigenvalue weighted by Gasteiger charge is -2.24. The van der Waals surface area contributed by atoms with Crippen LogP contribution in [0.3, 0.4) is 0 Å². The van der Waals surface area contributed by atoms with Gasteiger partial charge in [-0.05, 0) is 45.0 Å². The van der Waals surface area contributed by atoms with E-state index in [-0.39, 0.29) is 5.60 Å². The molecular weight excluding hydrogens is 256 g/mol. The van der Waals surface area contributed by atoms with E-state index in [0.717, 1.165) is 27.0 Å². The van der Waals surface area contributed by atoms with Gasteiger partial charge in [-0.15, -0.1) is 0 Å². The van der Waals surface area contributed by atoms with Gasteiger partial charge in [0.1, 0.15) is 22.8 Å². The van der Waals surface area contributed by atoms with Gasteiger partial charge in [0.2, 0.25) is 0 Å². The molecule has 0 aliphatic carbocycles. The molecule has 19 heavy (non-hydrogen) atoms. The zero-order valence-electron chi connectivity index (χ0n) is 11.3. The number of para-hydroxylation sites is 1. The fraction of sp³-hybridized carbons (Fsp3) is 0.250. The Balaban J connectivity index is 1.92. The molecule has 0 bridgehead atoms. The molecule has 1 aliphatic heterocycles. The maximum atomic E-state index is 5.93. The molecule has 3 heteroatoms. The van der Waals surface area contributed by atoms with Crippen molar-refractivity contribution in [2.45, 2.75) is 36.2 Å². The van der Waals surface area contributed by atoms with E-state index in [2.05, 4.69) is 12.1 Å². The van der Waals surface area contributed by atoms with Crippen molar-refractivity contribution in [3.8, 4) is 17.2 Å². The first-order chi connectivity index (χ1) is 9.01. The van der Waals surface area contributed by atoms with Crippen molar-refractivity contribution < 1.29 is 9.47 Å². The van der Waals surface area contributed by atoms with Gasteiger partial charge in [-0.2, -0.15) is 0 Å². The van der Waals surface area contributed by atoms with E-state index in [0.29, 0.717) is 0 Å². The van der Waals surface area contributed by atoms with Crippen LogP contribution in [0.25, 0.3) is 0 Å². The number of rotatable bonds is 1. The molecule has 0 spiro atoms. The first-order valence-electron chi connectivity index (χ1n) is 6.29. The summed E-state index contributed by atoms with van der Waals surface area (Å²) in [5.74, 6) is 2.62. The summed E-state index contributed by atoms with van der Waals surface area (Å²) in [5, 5.41) is 0. The normalized spacial score (nSPS) is 13.2. The molecule has 0 saturated heterocycles. The van der Waals surface area contributed by atoms with Gasteiger partial charge in [0.25, 0.3) is 0 Å². The third kappa shape index (κ3) is 2.71. The number of fused-ring (bicyclic) bond motifs is 2. The highest BCUT2D eigenvalue weighted by molar-refractivity contribution is 7.99. The van der Waals surface area contributed by atoms with E-state index in [1.54, 1.807) is 11.8 Å². The monoisotopic (exact) mass is 272 g/mol. The third-order valence-corrected chi connectivity index (χ3v) is 3.74. The van der Waals surface area contributed by atoms with E-state index >= 15 is 0 Å². The summed E-state index contributed by atoms with van der Waals surface area (Å²) in [6.45, 7) is 6.12. The van der Waals surface area contributed by atoms with Crippen LogP contribution in [0.1, 0.15) is 20.8 Å². The molecule has 0 radical (unpaired) electrons. The lowest BCUT2D eigenvalue weighted by Crippen LogP contribution is -2.22. The van der Waals surface area contributed by atoms with E-state index in [9.17, 15) is 0 Å². The molecular formula is C16H16O2S. The number of hydrogen-bond acceptors (Lipinski definition) is 3. The van der Waals surface area contributed by atoms with Crippen molar-refractivity contribution in [3.63, 3.8) is 0 Å². The summed E-state index contributed by atoms with van der Waals surface area (Å²) >= 11 is 1.73. The van der Waals surface area contributed by atoms with Crippen LogP contribution in [0.2, 0.25) is 0 Å². The van der Waals surface area contributed by atoms with Crippen LogP contribution in [0.4, 0.5) is 0 Å². The van der Waals surface area contributed by atoms with Crippen molar-refractivity contribution in [2.24, 2.45) is 0 Å². The minimum absolute atomic E-state index is 0.200. The summed E-state index contributed by atoms with van der Waals surface area (Å²) in [7, 11) is 0. The van der Waals surface area contributed by atoms with Gasteiger partial charge in [-0.3, -0.25) is 0 Å². The minimum atomic E-state index is -0.200. The number of hydrogen-bond donors (Lipinski definition) is 0. The van der Waals surface area contributed by atoms with Crippen LogP contribution in [-0.2, 0) is 0 Å². The van der Waals surface area contributed by atoms with Crippen molar-refractivity contribution >= 4 is 11.8 Å². The number of ether oxygens (including phenoxy) is 2. The van der Waals surface area contributed by atoms with E-state index in [1.165, 1.54) is 0 Å². The standard InChI is InChI=1S/C16H16O2S/c1-16(2,3)18-11-8-9-15-13(10-11)17-12-6-4-5-7-14(12)19-15/h4-10H,1-3H3. The molecule has 1 aliphatic rings. The Labute approximate surface area is 117 Å². The molecule has 0 saturated carbocycles. The molecule has 2 nitrogen and oxygen atoms in total. The van der Waals surface area contributed by atoms with Crippen LogP contribution >= 0.6 is 11.8 Å². The highest BCUT2D eigenvalue weighted by atomic mass is 32.2. The van der Waals surface area contributed by atoms with Crippen LogP contribution < -0.4 is 9.47 Å². The van der Waals surface area contributed by atoms with Gasteiger partial charge >= 0.3 is 0 Å². The third-order valence-electron chi connectivity index (χ3n) is 2.63. The fourth-order valence-electron chi connectivity index (χ4n) is 1.93. The molecule has 2 aromatic carbocycles. The average molecular weight is 272 g/mol. The smallest absolute Gasteiger partial charge is 0.145 e. The number of benzene rings is 2. The van der Waals surface area contributed by atoms with Crippen LogP contribution in [0.15, 0.2) is 52.3 Å². The Hall–Kier alpha value is -1.61. The summed E-state index contributed by atoms with van der Waals surface area (Å²) in [5.41, 5.74) is -0.200. The molecule has 98 valence electrons. The van der Waals surface area contributed by atoms with E-state index < -0.39 is 0 Å². The van der Waals surface area contributed by atoms with E-state index in [1.807, 2.05) is 51.1 Å². The highest BCUT2D eigenvalue weighted by Gasteiger charge is 2.19. The topological polar surface area (TPSA) is 18.5 Å². The molecule has 1 heterocycles. The molecule has 0 N–H and O–H groups in total. The highest BCUT2D eigenvalue weighted by Crippen LogP contribution is 2.47. The SMILES string of the molecule is CC(C)(C)Oc1ccc2c(c1)Oc1ccccc1S2. The average Bonchev–Trinajstić information content (AvgIpc) is 2.34. The Morgan fingerprint density at radius 1 is 0.947 bits per heavy atom. The van der Waals surface area contributed by atoms with Gasteiger partial charge in [-0.25, -0.2) is 0 Å². The second-order valence-corrected chi connectivity index (χ2v) is 6.56. The maximum Gasteiger partial charge on any atom is 0.145 e. The summed E-state index contributed by atoms with van der Waals surface area (Å²) in [6.07, 6.45) is 0. The van der Waals surface area contributed by atoms with Gasteiger partial charge in [0.05, 0.1) is 9.79 Å². The predicted octanol–water partition coefficient (Wildman–Crippen LogP) is 5.12. The molecule has 0 amide bonds. The van der Waals surface area contributed by atoms with Gasteiger partial charge in [-0.1, -0.05) is 23.9 Å². The molecule has 2 aromatic rings. The van der Waals surface area contributed by atoms with Crippen molar-refractivity contribution in [1.82, 2.24) is 0 Å². The molecule has 3 rings (SSSR count). The Bertz CT molecular complexity index is 614. The maximum absolute atomic E-state index is 5.93. The summed E-state index contributed by atoms with van der Waals surface area (Å²) < 4.78 is 11.8. The minimum Gasteiger partial charge on any atom is -0.488 e. The largest absolute Gasteiger partial charge is 0.488 e. The zero-order valence-corrected chi connectivity index (χ0v) is 12.1. The fourth-order valence-corrected chi connectivity index (χ4v) is 2.86. The van der Waals surface area contributed by atoms with Crippen molar-refractivity contribution in [3.05, 3.63) is 42.5 Å². The Kier molecular flexibility index (Phi) is 2.94. The molecule has 0 aromatic heterocycles. The second-order valence-electron chi connectivity index (χ2n) is 5.47. The Morgan fingerprint density at radius 2 is 1.68 bits per heavy atom. The predicted molar refractivity (Wildman–Crippen MR) is 77.5 cm³/mol. The second kappa shape index (κ2) is 4.49. The zero-order chi connectivity index (χ0) is 13.5. The lowest BCUT2D eigenvalue weighted by molar-refractivity contribution is 0.130. The van der Waals surface area contributed by atoms with Crippen LogP contribution in [0.5, 0.6) is 17.2 Å². The van der Waals surface area contributed by atoms with E-state index in [4.69, 9.17) is 9.47 Å².